The van der Waals surface area contributed by atoms with Gasteiger partial charge in [-0.3, -0.25) is 4.79 Å². The molecule has 0 aliphatic heterocycles. The number of hydrogen-bond donors (Lipinski definition) is 1. The van der Waals surface area contributed by atoms with E-state index in [1.54, 1.807) is 0 Å². The Labute approximate surface area is 138 Å². The average Bonchev–Trinajstić information content (AvgIpc) is 2.83. The van der Waals surface area contributed by atoms with Crippen molar-refractivity contribution in [2.45, 2.75) is 64.4 Å². The molecule has 1 N–H and O–H groups in total. The molecular formula is C20H26O3. The van der Waals surface area contributed by atoms with Crippen LogP contribution in [-0.4, -0.2) is 17.2 Å². The molecule has 0 unspecified atom stereocenters. The van der Waals surface area contributed by atoms with Crippen LogP contribution in [0.15, 0.2) is 18.2 Å². The first kappa shape index (κ1) is 15.0. The van der Waals surface area contributed by atoms with Gasteiger partial charge in [0.05, 0.1) is 0 Å². The second-order valence-electron chi connectivity index (χ2n) is 8.02. The van der Waals surface area contributed by atoms with Crippen LogP contribution in [0.25, 0.3) is 0 Å². The van der Waals surface area contributed by atoms with E-state index in [0.717, 1.165) is 19.3 Å². The number of benzene rings is 1. The van der Waals surface area contributed by atoms with Gasteiger partial charge >= 0.3 is 5.97 Å². The van der Waals surface area contributed by atoms with Gasteiger partial charge in [0, 0.05) is 12.3 Å². The largest absolute Gasteiger partial charge is 0.508 e. The zero-order valence-electron chi connectivity index (χ0n) is 14.0. The van der Waals surface area contributed by atoms with Gasteiger partial charge in [-0.2, -0.15) is 0 Å². The topological polar surface area (TPSA) is 46.5 Å². The van der Waals surface area contributed by atoms with E-state index in [1.807, 2.05) is 12.1 Å². The minimum atomic E-state index is -0.136. The van der Waals surface area contributed by atoms with Crippen LogP contribution in [0.1, 0.15) is 63.0 Å². The molecule has 2 fully saturated rings. The number of carbonyl (C=O) groups is 1. The summed E-state index contributed by atoms with van der Waals surface area (Å²) in [7, 11) is 0. The molecule has 3 heteroatoms. The van der Waals surface area contributed by atoms with Gasteiger partial charge in [0.25, 0.3) is 0 Å². The van der Waals surface area contributed by atoms with Gasteiger partial charge in [0.1, 0.15) is 11.9 Å². The van der Waals surface area contributed by atoms with Crippen molar-refractivity contribution in [3.8, 4) is 5.75 Å². The molecule has 3 aliphatic carbocycles. The van der Waals surface area contributed by atoms with Crippen molar-refractivity contribution < 1.29 is 14.6 Å². The standard InChI is InChI=1S/C20H26O3/c1-12(21)23-19-8-7-18-17-5-3-13-11-14(22)4-6-15(13)16(17)9-10-20(18,19)2/h4,6,11,16-19,22H,3,5,7-10H2,1-2H3/t16-,17+,18-,19-,20+/m1/s1. The van der Waals surface area contributed by atoms with Crippen molar-refractivity contribution in [3.63, 3.8) is 0 Å². The summed E-state index contributed by atoms with van der Waals surface area (Å²) in [4.78, 5) is 11.4. The summed E-state index contributed by atoms with van der Waals surface area (Å²) in [6.07, 6.45) is 6.89. The molecule has 1 aromatic carbocycles. The highest BCUT2D eigenvalue weighted by atomic mass is 16.5. The van der Waals surface area contributed by atoms with Gasteiger partial charge in [-0.1, -0.05) is 13.0 Å². The molecule has 0 amide bonds. The van der Waals surface area contributed by atoms with Crippen LogP contribution in [-0.2, 0) is 16.0 Å². The van der Waals surface area contributed by atoms with Crippen LogP contribution in [0.4, 0.5) is 0 Å². The van der Waals surface area contributed by atoms with E-state index in [1.165, 1.54) is 37.3 Å². The molecule has 0 heterocycles. The smallest absolute Gasteiger partial charge is 0.302 e. The number of aromatic hydroxyl groups is 1. The van der Waals surface area contributed by atoms with Gasteiger partial charge in [0.2, 0.25) is 0 Å². The minimum absolute atomic E-state index is 0.104. The second-order valence-corrected chi connectivity index (χ2v) is 8.02. The molecule has 0 aromatic heterocycles. The fraction of sp³-hybridized carbons (Fsp3) is 0.650. The van der Waals surface area contributed by atoms with Crippen molar-refractivity contribution in [3.05, 3.63) is 29.3 Å². The molecule has 0 bridgehead atoms. The van der Waals surface area contributed by atoms with E-state index in [0.29, 0.717) is 23.5 Å². The summed E-state index contributed by atoms with van der Waals surface area (Å²) in [5.74, 6) is 2.23. The summed E-state index contributed by atoms with van der Waals surface area (Å²) in [6.45, 7) is 3.88. The summed E-state index contributed by atoms with van der Waals surface area (Å²) >= 11 is 0. The molecular weight excluding hydrogens is 288 g/mol. The first-order chi connectivity index (χ1) is 11.0. The molecule has 0 radical (unpaired) electrons. The quantitative estimate of drug-likeness (QED) is 0.791. The summed E-state index contributed by atoms with van der Waals surface area (Å²) in [6, 6.07) is 5.93. The Morgan fingerprint density at radius 3 is 2.87 bits per heavy atom. The Bertz CT molecular complexity index is 638. The molecule has 124 valence electrons. The molecule has 5 atom stereocenters. The first-order valence-corrected chi connectivity index (χ1v) is 8.98. The highest BCUT2D eigenvalue weighted by Crippen LogP contribution is 2.61. The van der Waals surface area contributed by atoms with Crippen molar-refractivity contribution >= 4 is 5.97 Å². The number of hydrogen-bond acceptors (Lipinski definition) is 3. The maximum absolute atomic E-state index is 11.4. The molecule has 2 saturated carbocycles. The third-order valence-electron chi connectivity index (χ3n) is 6.93. The average molecular weight is 314 g/mol. The Kier molecular flexibility index (Phi) is 3.44. The van der Waals surface area contributed by atoms with Crippen molar-refractivity contribution in [2.24, 2.45) is 17.3 Å². The highest BCUT2D eigenvalue weighted by molar-refractivity contribution is 5.66. The number of ether oxygens (including phenoxy) is 1. The van der Waals surface area contributed by atoms with Crippen LogP contribution in [0.5, 0.6) is 5.75 Å². The Morgan fingerprint density at radius 2 is 2.09 bits per heavy atom. The lowest BCUT2D eigenvalue weighted by Crippen LogP contribution is -2.45. The predicted octanol–water partition coefficient (Wildman–Crippen LogP) is 4.18. The maximum atomic E-state index is 11.4. The third-order valence-corrected chi connectivity index (χ3v) is 6.93. The van der Waals surface area contributed by atoms with Gasteiger partial charge in [-0.15, -0.1) is 0 Å². The van der Waals surface area contributed by atoms with Crippen molar-refractivity contribution in [1.82, 2.24) is 0 Å². The van der Waals surface area contributed by atoms with Crippen LogP contribution in [0.2, 0.25) is 0 Å². The van der Waals surface area contributed by atoms with E-state index < -0.39 is 0 Å². The summed E-state index contributed by atoms with van der Waals surface area (Å²) in [5.41, 5.74) is 2.95. The van der Waals surface area contributed by atoms with E-state index in [-0.39, 0.29) is 17.5 Å². The fourth-order valence-electron chi connectivity index (χ4n) is 5.91. The fourth-order valence-corrected chi connectivity index (χ4v) is 5.91. The molecule has 1 aromatic rings. The Hall–Kier alpha value is -1.51. The second kappa shape index (κ2) is 5.25. The van der Waals surface area contributed by atoms with Gasteiger partial charge in [0.15, 0.2) is 0 Å². The van der Waals surface area contributed by atoms with E-state index in [4.69, 9.17) is 4.74 Å². The summed E-state index contributed by atoms with van der Waals surface area (Å²) in [5, 5.41) is 9.75. The van der Waals surface area contributed by atoms with Crippen LogP contribution >= 0.6 is 0 Å². The molecule has 0 spiro atoms. The van der Waals surface area contributed by atoms with E-state index >= 15 is 0 Å². The zero-order valence-corrected chi connectivity index (χ0v) is 14.0. The van der Waals surface area contributed by atoms with Crippen LogP contribution < -0.4 is 0 Å². The molecule has 0 saturated heterocycles. The van der Waals surface area contributed by atoms with Crippen molar-refractivity contribution in [2.75, 3.05) is 0 Å². The normalized spacial score (nSPS) is 38.3. The molecule has 4 rings (SSSR count). The van der Waals surface area contributed by atoms with E-state index in [2.05, 4.69) is 13.0 Å². The number of fused-ring (bicyclic) bond motifs is 5. The SMILES string of the molecule is CC(=O)O[C@@H]1CC[C@@H]2[C@H]3CCc4cc(O)ccc4[C@H]3CC[C@@]21C. The lowest BCUT2D eigenvalue weighted by molar-refractivity contribution is -0.154. The molecule has 23 heavy (non-hydrogen) atoms. The van der Waals surface area contributed by atoms with Gasteiger partial charge < -0.3 is 9.84 Å². The lowest BCUT2D eigenvalue weighted by Gasteiger charge is -2.50. The van der Waals surface area contributed by atoms with E-state index in [9.17, 15) is 9.90 Å². The molecule has 3 aliphatic rings. The Morgan fingerprint density at radius 1 is 1.26 bits per heavy atom. The van der Waals surface area contributed by atoms with Crippen molar-refractivity contribution in [1.29, 1.82) is 0 Å². The van der Waals surface area contributed by atoms with Crippen LogP contribution in [0.3, 0.4) is 0 Å². The number of esters is 1. The maximum Gasteiger partial charge on any atom is 0.302 e. The minimum Gasteiger partial charge on any atom is -0.508 e. The lowest BCUT2D eigenvalue weighted by atomic mass is 9.55. The van der Waals surface area contributed by atoms with Gasteiger partial charge in [-0.25, -0.2) is 0 Å². The number of aryl methyl sites for hydroxylation is 1. The summed E-state index contributed by atoms with van der Waals surface area (Å²) < 4.78 is 5.68. The highest BCUT2D eigenvalue weighted by Gasteiger charge is 2.56. The monoisotopic (exact) mass is 314 g/mol. The first-order valence-electron chi connectivity index (χ1n) is 8.98. The predicted molar refractivity (Wildman–Crippen MR) is 88.3 cm³/mol. The van der Waals surface area contributed by atoms with Crippen LogP contribution in [0, 0.1) is 17.3 Å². The zero-order chi connectivity index (χ0) is 16.2. The number of carbonyl (C=O) groups excluding carboxylic acids is 1. The van der Waals surface area contributed by atoms with Gasteiger partial charge in [-0.05, 0) is 79.5 Å². The number of phenolic OH excluding ortho intramolecular Hbond substituents is 1. The number of phenols is 1. The Balaban J connectivity index is 1.63. The third kappa shape index (κ3) is 2.28. The number of rotatable bonds is 1. The molecule has 3 nitrogen and oxygen atoms in total.